The summed E-state index contributed by atoms with van der Waals surface area (Å²) >= 11 is 1.13. The first-order valence-electron chi connectivity index (χ1n) is 4.72. The predicted octanol–water partition coefficient (Wildman–Crippen LogP) is 1.77. The minimum absolute atomic E-state index is 0.110. The Morgan fingerprint density at radius 3 is 2.75 bits per heavy atom. The van der Waals surface area contributed by atoms with Gasteiger partial charge in [-0.2, -0.15) is 0 Å². The number of halogens is 2. The van der Waals surface area contributed by atoms with Crippen LogP contribution in [0.2, 0.25) is 0 Å². The molecule has 1 fully saturated rings. The molecule has 2 rings (SSSR count). The van der Waals surface area contributed by atoms with E-state index in [1.807, 2.05) is 0 Å². The lowest BCUT2D eigenvalue weighted by Gasteiger charge is -2.10. The van der Waals surface area contributed by atoms with Crippen molar-refractivity contribution >= 4 is 17.3 Å². The number of carbonyl (C=O) groups excluding carboxylic acids is 1. The monoisotopic (exact) mass is 247 g/mol. The lowest BCUT2D eigenvalue weighted by molar-refractivity contribution is 0.0600. The molecule has 0 aromatic carbocycles. The van der Waals surface area contributed by atoms with Gasteiger partial charge in [0.15, 0.2) is 0 Å². The van der Waals surface area contributed by atoms with Gasteiger partial charge in [-0.1, -0.05) is 0 Å². The van der Waals surface area contributed by atoms with E-state index in [9.17, 15) is 13.6 Å². The van der Waals surface area contributed by atoms with Crippen LogP contribution in [-0.4, -0.2) is 25.5 Å². The van der Waals surface area contributed by atoms with Crippen molar-refractivity contribution < 1.29 is 18.3 Å². The first-order valence-corrected chi connectivity index (χ1v) is 5.60. The molecule has 1 unspecified atom stereocenters. The second-order valence-electron chi connectivity index (χ2n) is 3.86. The van der Waals surface area contributed by atoms with E-state index in [1.165, 1.54) is 18.6 Å². The molecule has 2 N–H and O–H groups in total. The highest BCUT2D eigenvalue weighted by Gasteiger charge is 2.71. The van der Waals surface area contributed by atoms with Crippen molar-refractivity contribution in [3.8, 4) is 0 Å². The fourth-order valence-corrected chi connectivity index (χ4v) is 2.88. The van der Waals surface area contributed by atoms with Gasteiger partial charge in [-0.05, 0) is 6.07 Å². The van der Waals surface area contributed by atoms with Gasteiger partial charge >= 0.3 is 5.97 Å². The van der Waals surface area contributed by atoms with Gasteiger partial charge in [0, 0.05) is 23.2 Å². The fourth-order valence-electron chi connectivity index (χ4n) is 1.74. The Labute approximate surface area is 95.2 Å². The van der Waals surface area contributed by atoms with Crippen molar-refractivity contribution in [1.82, 2.24) is 0 Å². The maximum atomic E-state index is 13.2. The van der Waals surface area contributed by atoms with Crippen LogP contribution in [0.15, 0.2) is 11.4 Å². The molecule has 3 nitrogen and oxygen atoms in total. The normalized spacial score (nSPS) is 26.5. The quantitative estimate of drug-likeness (QED) is 0.828. The smallest absolute Gasteiger partial charge is 0.338 e. The molecule has 1 aliphatic carbocycles. The number of carbonyl (C=O) groups is 1. The summed E-state index contributed by atoms with van der Waals surface area (Å²) in [6, 6.07) is 1.45. The van der Waals surface area contributed by atoms with Crippen molar-refractivity contribution in [2.24, 2.45) is 5.73 Å². The molecule has 0 saturated heterocycles. The van der Waals surface area contributed by atoms with E-state index >= 15 is 0 Å². The van der Waals surface area contributed by atoms with Gasteiger partial charge in [0.1, 0.15) is 0 Å². The van der Waals surface area contributed by atoms with Gasteiger partial charge in [-0.25, -0.2) is 13.6 Å². The van der Waals surface area contributed by atoms with Crippen molar-refractivity contribution in [2.75, 3.05) is 13.7 Å². The second kappa shape index (κ2) is 3.49. The summed E-state index contributed by atoms with van der Waals surface area (Å²) in [5, 5.41) is 1.52. The summed E-state index contributed by atoms with van der Waals surface area (Å²) in [7, 11) is 1.25. The van der Waals surface area contributed by atoms with E-state index in [0.29, 0.717) is 10.4 Å². The fraction of sp³-hybridized carbons (Fsp3) is 0.500. The number of rotatable bonds is 3. The van der Waals surface area contributed by atoms with Crippen molar-refractivity contribution in [1.29, 1.82) is 0 Å². The summed E-state index contributed by atoms with van der Waals surface area (Å²) in [4.78, 5) is 11.6. The average Bonchev–Trinajstić information content (AvgIpc) is 2.68. The van der Waals surface area contributed by atoms with E-state index in [0.717, 1.165) is 11.3 Å². The van der Waals surface area contributed by atoms with Crippen LogP contribution >= 0.6 is 11.3 Å². The molecule has 16 heavy (non-hydrogen) atoms. The number of thiophene rings is 1. The lowest BCUT2D eigenvalue weighted by atomic mass is 10.0. The lowest BCUT2D eigenvalue weighted by Crippen LogP contribution is -2.25. The van der Waals surface area contributed by atoms with Crippen LogP contribution in [0.3, 0.4) is 0 Å². The minimum Gasteiger partial charge on any atom is -0.465 e. The zero-order chi connectivity index (χ0) is 12.0. The molecule has 0 radical (unpaired) electrons. The third kappa shape index (κ3) is 1.44. The second-order valence-corrected chi connectivity index (χ2v) is 4.77. The maximum Gasteiger partial charge on any atom is 0.338 e. The zero-order valence-corrected chi connectivity index (χ0v) is 9.44. The van der Waals surface area contributed by atoms with Gasteiger partial charge in [0.25, 0.3) is 5.92 Å². The highest BCUT2D eigenvalue weighted by atomic mass is 32.1. The molecule has 1 saturated carbocycles. The van der Waals surface area contributed by atoms with Crippen molar-refractivity contribution in [2.45, 2.75) is 17.8 Å². The SMILES string of the molecule is COC(=O)c1csc(C2(CN)CC2(F)F)c1. The Balaban J connectivity index is 2.29. The predicted molar refractivity (Wildman–Crippen MR) is 56.0 cm³/mol. The average molecular weight is 247 g/mol. The molecule has 1 aliphatic rings. The highest BCUT2D eigenvalue weighted by Crippen LogP contribution is 2.62. The zero-order valence-electron chi connectivity index (χ0n) is 8.63. The van der Waals surface area contributed by atoms with Gasteiger partial charge in [0.05, 0.1) is 18.1 Å². The summed E-state index contributed by atoms with van der Waals surface area (Å²) in [5.41, 5.74) is 4.45. The Morgan fingerprint density at radius 2 is 2.31 bits per heavy atom. The van der Waals surface area contributed by atoms with Crippen LogP contribution in [0.1, 0.15) is 21.7 Å². The molecule has 1 aromatic heterocycles. The van der Waals surface area contributed by atoms with Gasteiger partial charge in [-0.15, -0.1) is 11.3 Å². The van der Waals surface area contributed by atoms with E-state index in [2.05, 4.69) is 4.74 Å². The molecule has 0 spiro atoms. The molecule has 1 atom stereocenters. The number of methoxy groups -OCH3 is 1. The molecule has 6 heteroatoms. The number of nitrogens with two attached hydrogens (primary N) is 1. The Morgan fingerprint density at radius 1 is 1.69 bits per heavy atom. The standard InChI is InChI=1S/C10H11F2NO2S/c1-15-8(14)6-2-7(16-3-6)9(5-13)4-10(9,11)12/h2-3H,4-5,13H2,1H3. The van der Waals surface area contributed by atoms with Gasteiger partial charge < -0.3 is 10.5 Å². The number of hydrogen-bond donors (Lipinski definition) is 1. The van der Waals surface area contributed by atoms with E-state index in [1.54, 1.807) is 0 Å². The Bertz CT molecular complexity index is 432. The van der Waals surface area contributed by atoms with Crippen molar-refractivity contribution in [3.05, 3.63) is 21.9 Å². The van der Waals surface area contributed by atoms with Gasteiger partial charge in [0.2, 0.25) is 0 Å². The third-order valence-electron chi connectivity index (χ3n) is 2.94. The van der Waals surface area contributed by atoms with Crippen LogP contribution in [-0.2, 0) is 10.2 Å². The summed E-state index contributed by atoms with van der Waals surface area (Å²) in [6.07, 6.45) is -0.238. The molecule has 1 heterocycles. The Hall–Kier alpha value is -1.01. The Kier molecular flexibility index (Phi) is 2.51. The summed E-state index contributed by atoms with van der Waals surface area (Å²) < 4.78 is 31.0. The van der Waals surface area contributed by atoms with Crippen LogP contribution < -0.4 is 5.73 Å². The molecular formula is C10H11F2NO2S. The van der Waals surface area contributed by atoms with Crippen LogP contribution in [0.5, 0.6) is 0 Å². The topological polar surface area (TPSA) is 52.3 Å². The molecule has 88 valence electrons. The number of ether oxygens (including phenoxy) is 1. The molecule has 0 amide bonds. The summed E-state index contributed by atoms with van der Waals surface area (Å²) in [6.45, 7) is -0.110. The van der Waals surface area contributed by atoms with Gasteiger partial charge in [-0.3, -0.25) is 0 Å². The van der Waals surface area contributed by atoms with Crippen LogP contribution in [0.4, 0.5) is 8.78 Å². The number of hydrogen-bond acceptors (Lipinski definition) is 4. The number of esters is 1. The molecule has 0 bridgehead atoms. The first-order chi connectivity index (χ1) is 7.47. The van der Waals surface area contributed by atoms with Crippen LogP contribution in [0, 0.1) is 0 Å². The molecule has 1 aromatic rings. The molecular weight excluding hydrogens is 236 g/mol. The maximum absolute atomic E-state index is 13.2. The van der Waals surface area contributed by atoms with E-state index < -0.39 is 17.3 Å². The highest BCUT2D eigenvalue weighted by molar-refractivity contribution is 7.10. The minimum atomic E-state index is -2.75. The van der Waals surface area contributed by atoms with Crippen LogP contribution in [0.25, 0.3) is 0 Å². The largest absolute Gasteiger partial charge is 0.465 e. The van der Waals surface area contributed by atoms with E-state index in [-0.39, 0.29) is 13.0 Å². The molecule has 0 aliphatic heterocycles. The number of alkyl halides is 2. The first kappa shape index (κ1) is 11.5. The summed E-state index contributed by atoms with van der Waals surface area (Å²) in [5.74, 6) is -3.27. The third-order valence-corrected chi connectivity index (χ3v) is 4.07. The van der Waals surface area contributed by atoms with Crippen molar-refractivity contribution in [3.63, 3.8) is 0 Å². The van der Waals surface area contributed by atoms with E-state index in [4.69, 9.17) is 5.73 Å².